The van der Waals surface area contributed by atoms with E-state index in [1.54, 1.807) is 20.3 Å². The Labute approximate surface area is 158 Å². The van der Waals surface area contributed by atoms with Gasteiger partial charge < -0.3 is 14.4 Å². The average Bonchev–Trinajstić information content (AvgIpc) is 3.07. The molecule has 8 heteroatoms. The molecule has 0 aliphatic heterocycles. The molecule has 1 amide bonds. The molecule has 0 aliphatic rings. The molecule has 1 heterocycles. The minimum atomic E-state index is 0.0772. The normalized spacial score (nSPS) is 11.1. The van der Waals surface area contributed by atoms with Crippen molar-refractivity contribution in [3.05, 3.63) is 18.2 Å². The van der Waals surface area contributed by atoms with E-state index in [1.807, 2.05) is 44.7 Å². The number of nitrogens with one attached hydrogen (secondary N) is 1. The lowest BCUT2D eigenvalue weighted by molar-refractivity contribution is -0.131. The summed E-state index contributed by atoms with van der Waals surface area (Å²) in [6.45, 7) is 8.07. The van der Waals surface area contributed by atoms with E-state index in [1.165, 1.54) is 11.8 Å². The lowest BCUT2D eigenvalue weighted by Crippen LogP contribution is -2.43. The minimum absolute atomic E-state index is 0.0772. The molecular formula is C18H26N4O3S. The number of hydrogen-bond acceptors (Lipinski definition) is 6. The lowest BCUT2D eigenvalue weighted by atomic mass is 10.2. The van der Waals surface area contributed by atoms with E-state index >= 15 is 0 Å². The van der Waals surface area contributed by atoms with Gasteiger partial charge in [-0.3, -0.25) is 9.89 Å². The van der Waals surface area contributed by atoms with Crippen LogP contribution in [0.2, 0.25) is 0 Å². The van der Waals surface area contributed by atoms with Crippen LogP contribution in [0.25, 0.3) is 11.4 Å². The van der Waals surface area contributed by atoms with Crippen LogP contribution in [0, 0.1) is 0 Å². The van der Waals surface area contributed by atoms with Gasteiger partial charge in [-0.2, -0.15) is 0 Å². The zero-order valence-corrected chi connectivity index (χ0v) is 16.9. The average molecular weight is 378 g/mol. The number of aromatic nitrogens is 3. The molecule has 0 bridgehead atoms. The molecule has 0 aliphatic carbocycles. The number of H-pyrrole nitrogens is 1. The molecule has 0 unspecified atom stereocenters. The van der Waals surface area contributed by atoms with Gasteiger partial charge in [-0.25, -0.2) is 4.98 Å². The van der Waals surface area contributed by atoms with E-state index < -0.39 is 0 Å². The first-order valence-electron chi connectivity index (χ1n) is 8.46. The molecule has 0 atom stereocenters. The van der Waals surface area contributed by atoms with Gasteiger partial charge in [0.2, 0.25) is 11.1 Å². The predicted molar refractivity (Wildman–Crippen MR) is 103 cm³/mol. The van der Waals surface area contributed by atoms with Crippen molar-refractivity contribution < 1.29 is 14.3 Å². The Morgan fingerprint density at radius 3 is 2.46 bits per heavy atom. The van der Waals surface area contributed by atoms with Crippen LogP contribution in [0.5, 0.6) is 11.5 Å². The third-order valence-electron chi connectivity index (χ3n) is 3.85. The van der Waals surface area contributed by atoms with Gasteiger partial charge in [-0.15, -0.1) is 5.10 Å². The summed E-state index contributed by atoms with van der Waals surface area (Å²) in [7, 11) is 3.20. The van der Waals surface area contributed by atoms with E-state index in [9.17, 15) is 4.79 Å². The first-order chi connectivity index (χ1) is 12.4. The number of hydrogen-bond donors (Lipinski definition) is 1. The number of thioether (sulfide) groups is 1. The molecular weight excluding hydrogens is 352 g/mol. The van der Waals surface area contributed by atoms with Crippen molar-refractivity contribution in [3.63, 3.8) is 0 Å². The van der Waals surface area contributed by atoms with Crippen LogP contribution in [0.15, 0.2) is 23.4 Å². The molecule has 1 aromatic heterocycles. The summed E-state index contributed by atoms with van der Waals surface area (Å²) >= 11 is 1.32. The number of carbonyl (C=O) groups is 1. The fourth-order valence-corrected chi connectivity index (χ4v) is 3.47. The Hall–Kier alpha value is -2.22. The number of aromatic amines is 1. The largest absolute Gasteiger partial charge is 0.497 e. The summed E-state index contributed by atoms with van der Waals surface area (Å²) in [5.41, 5.74) is 0.782. The monoisotopic (exact) mass is 378 g/mol. The number of amides is 1. The molecule has 2 aromatic rings. The molecule has 142 valence electrons. The quantitative estimate of drug-likeness (QED) is 0.711. The van der Waals surface area contributed by atoms with E-state index in [4.69, 9.17) is 9.47 Å². The zero-order chi connectivity index (χ0) is 19.3. The first kappa shape index (κ1) is 20.1. The highest BCUT2D eigenvalue weighted by atomic mass is 32.2. The molecule has 26 heavy (non-hydrogen) atoms. The number of nitrogens with zero attached hydrogens (tertiary/aromatic N) is 3. The summed E-state index contributed by atoms with van der Waals surface area (Å²) in [5.74, 6) is 2.30. The molecule has 0 saturated carbocycles. The van der Waals surface area contributed by atoms with Gasteiger partial charge >= 0.3 is 0 Å². The number of benzene rings is 1. The summed E-state index contributed by atoms with van der Waals surface area (Å²) in [5, 5.41) is 7.63. The molecule has 1 aromatic carbocycles. The lowest BCUT2D eigenvalue weighted by Gasteiger charge is -2.30. The number of rotatable bonds is 8. The van der Waals surface area contributed by atoms with Gasteiger partial charge in [0.05, 0.1) is 25.5 Å². The van der Waals surface area contributed by atoms with Crippen molar-refractivity contribution in [3.8, 4) is 22.9 Å². The van der Waals surface area contributed by atoms with Gasteiger partial charge in [0.15, 0.2) is 5.82 Å². The van der Waals surface area contributed by atoms with Crippen molar-refractivity contribution in [1.82, 2.24) is 20.1 Å². The molecule has 0 saturated heterocycles. The van der Waals surface area contributed by atoms with E-state index in [2.05, 4.69) is 15.2 Å². The third-order valence-corrected chi connectivity index (χ3v) is 4.69. The van der Waals surface area contributed by atoms with Gasteiger partial charge in [-0.1, -0.05) is 11.8 Å². The van der Waals surface area contributed by atoms with E-state index in [0.717, 1.165) is 5.56 Å². The third kappa shape index (κ3) is 4.69. The van der Waals surface area contributed by atoms with Gasteiger partial charge in [0, 0.05) is 18.2 Å². The van der Waals surface area contributed by atoms with Crippen LogP contribution in [-0.2, 0) is 4.79 Å². The van der Waals surface area contributed by atoms with E-state index in [-0.39, 0.29) is 18.0 Å². The summed E-state index contributed by atoms with van der Waals surface area (Å²) in [4.78, 5) is 18.8. The van der Waals surface area contributed by atoms with Crippen LogP contribution < -0.4 is 9.47 Å². The number of methoxy groups -OCH3 is 2. The van der Waals surface area contributed by atoms with E-state index in [0.29, 0.717) is 28.2 Å². The fourth-order valence-electron chi connectivity index (χ4n) is 2.80. The summed E-state index contributed by atoms with van der Waals surface area (Å²) in [6, 6.07) is 5.80. The van der Waals surface area contributed by atoms with Gasteiger partial charge in [-0.05, 0) is 39.8 Å². The van der Waals surface area contributed by atoms with Crippen molar-refractivity contribution >= 4 is 17.7 Å². The Balaban J connectivity index is 2.10. The fraction of sp³-hybridized carbons (Fsp3) is 0.500. The molecule has 0 radical (unpaired) electrons. The highest BCUT2D eigenvalue weighted by Crippen LogP contribution is 2.32. The maximum Gasteiger partial charge on any atom is 0.233 e. The SMILES string of the molecule is COc1ccc(-c2nc(SCC(=O)N(C(C)C)C(C)C)n[nH]2)c(OC)c1. The van der Waals surface area contributed by atoms with Crippen molar-refractivity contribution in [2.75, 3.05) is 20.0 Å². The van der Waals surface area contributed by atoms with Gasteiger partial charge in [0.1, 0.15) is 11.5 Å². The second kappa shape index (κ2) is 8.93. The number of carbonyl (C=O) groups excluding carboxylic acids is 1. The summed E-state index contributed by atoms with van der Waals surface area (Å²) in [6.07, 6.45) is 0. The maximum atomic E-state index is 12.5. The van der Waals surface area contributed by atoms with Gasteiger partial charge in [0.25, 0.3) is 0 Å². The summed E-state index contributed by atoms with van der Waals surface area (Å²) < 4.78 is 10.6. The van der Waals surface area contributed by atoms with Crippen LogP contribution in [0.3, 0.4) is 0 Å². The molecule has 7 nitrogen and oxygen atoms in total. The Morgan fingerprint density at radius 1 is 1.19 bits per heavy atom. The highest BCUT2D eigenvalue weighted by Gasteiger charge is 2.21. The number of ether oxygens (including phenoxy) is 2. The Kier molecular flexibility index (Phi) is 6.90. The van der Waals surface area contributed by atoms with Crippen molar-refractivity contribution in [2.45, 2.75) is 44.9 Å². The van der Waals surface area contributed by atoms with Crippen molar-refractivity contribution in [1.29, 1.82) is 0 Å². The standard InChI is InChI=1S/C18H26N4O3S/c1-11(2)22(12(3)4)16(23)10-26-18-19-17(20-21-18)14-8-7-13(24-5)9-15(14)25-6/h7-9,11-12H,10H2,1-6H3,(H,19,20,21). The second-order valence-electron chi connectivity index (χ2n) is 6.31. The van der Waals surface area contributed by atoms with Crippen LogP contribution >= 0.6 is 11.8 Å². The topological polar surface area (TPSA) is 80.3 Å². The van der Waals surface area contributed by atoms with Crippen molar-refractivity contribution in [2.24, 2.45) is 0 Å². The second-order valence-corrected chi connectivity index (χ2v) is 7.25. The molecule has 0 spiro atoms. The molecule has 1 N–H and O–H groups in total. The molecule has 2 rings (SSSR count). The van der Waals surface area contributed by atoms with Crippen LogP contribution in [0.4, 0.5) is 0 Å². The minimum Gasteiger partial charge on any atom is -0.497 e. The first-order valence-corrected chi connectivity index (χ1v) is 9.44. The van der Waals surface area contributed by atoms with Crippen LogP contribution in [-0.4, -0.2) is 58.0 Å². The maximum absolute atomic E-state index is 12.5. The smallest absolute Gasteiger partial charge is 0.233 e. The predicted octanol–water partition coefficient (Wildman–Crippen LogP) is 3.23. The van der Waals surface area contributed by atoms with Crippen LogP contribution in [0.1, 0.15) is 27.7 Å². The highest BCUT2D eigenvalue weighted by molar-refractivity contribution is 7.99. The Bertz CT molecular complexity index is 738. The Morgan fingerprint density at radius 2 is 1.88 bits per heavy atom. The molecule has 0 fully saturated rings. The zero-order valence-electron chi connectivity index (χ0n) is 16.1.